The highest BCUT2D eigenvalue weighted by Gasteiger charge is 2.49. The van der Waals surface area contributed by atoms with Crippen LogP contribution in [0.5, 0.6) is 0 Å². The zero-order chi connectivity index (χ0) is 15.2. The molecule has 3 rings (SSSR count). The van der Waals surface area contributed by atoms with Gasteiger partial charge in [-0.2, -0.15) is 0 Å². The molecule has 112 valence electrons. The number of rotatable bonds is 3. The molecule has 0 amide bonds. The van der Waals surface area contributed by atoms with Crippen LogP contribution in [-0.4, -0.2) is 22.4 Å². The normalized spacial score (nSPS) is 24.9. The molecule has 2 atom stereocenters. The van der Waals surface area contributed by atoms with Crippen molar-refractivity contribution < 1.29 is 4.70 Å². The van der Waals surface area contributed by atoms with Gasteiger partial charge in [0.1, 0.15) is 11.7 Å². The van der Waals surface area contributed by atoms with Crippen molar-refractivity contribution in [3.8, 4) is 0 Å². The van der Waals surface area contributed by atoms with Crippen molar-refractivity contribution in [1.82, 2.24) is 0 Å². The van der Waals surface area contributed by atoms with Gasteiger partial charge < -0.3 is 0 Å². The van der Waals surface area contributed by atoms with Gasteiger partial charge in [-0.15, -0.1) is 10.2 Å². The quantitative estimate of drug-likeness (QED) is 0.485. The van der Waals surface area contributed by atoms with Crippen LogP contribution in [0.1, 0.15) is 33.1 Å². The number of azo groups is 3. The van der Waals surface area contributed by atoms with E-state index < -0.39 is 5.66 Å². The Labute approximate surface area is 138 Å². The Morgan fingerprint density at radius 2 is 1.86 bits per heavy atom. The van der Waals surface area contributed by atoms with Crippen LogP contribution in [0.3, 0.4) is 0 Å². The molecule has 0 N–H and O–H groups in total. The van der Waals surface area contributed by atoms with Crippen molar-refractivity contribution in [1.29, 1.82) is 0 Å². The molecule has 1 heterocycles. The molecule has 1 aliphatic carbocycles. The van der Waals surface area contributed by atoms with Crippen molar-refractivity contribution in [3.63, 3.8) is 0 Å². The van der Waals surface area contributed by atoms with Gasteiger partial charge >= 0.3 is 0 Å². The van der Waals surface area contributed by atoms with E-state index in [1.807, 2.05) is 13.8 Å². The third kappa shape index (κ3) is 2.94. The van der Waals surface area contributed by atoms with Gasteiger partial charge in [0.05, 0.1) is 10.0 Å². The maximum absolute atomic E-state index is 6.13. The topological polar surface area (TPSA) is 40.1 Å². The smallest absolute Gasteiger partial charge is 0.146 e. The predicted molar refractivity (Wildman–Crippen MR) is 84.2 cm³/mol. The Hall–Kier alpha value is -0.710. The second-order valence-electron chi connectivity index (χ2n) is 5.99. The first-order chi connectivity index (χ1) is 9.87. The van der Waals surface area contributed by atoms with E-state index in [2.05, 4.69) is 14.9 Å². The summed E-state index contributed by atoms with van der Waals surface area (Å²) in [6.07, 6.45) is 3.49. The average Bonchev–Trinajstić information content (AvgIpc) is 2.99. The van der Waals surface area contributed by atoms with Crippen LogP contribution < -0.4 is 0 Å². The van der Waals surface area contributed by atoms with E-state index in [0.29, 0.717) is 32.8 Å². The van der Waals surface area contributed by atoms with Gasteiger partial charge in [-0.25, -0.2) is 0 Å². The number of benzene rings is 1. The first-order valence-corrected chi connectivity index (χ1v) is 8.08. The van der Waals surface area contributed by atoms with E-state index in [-0.39, 0.29) is 0 Å². The summed E-state index contributed by atoms with van der Waals surface area (Å²) in [5, 5.41) is 14.6. The summed E-state index contributed by atoms with van der Waals surface area (Å²) in [5.41, 5.74) is -0.0632. The first kappa shape index (κ1) is 15.2. The minimum Gasteiger partial charge on any atom is -0.146 e. The summed E-state index contributed by atoms with van der Waals surface area (Å²) in [6, 6.07) is 4.14. The van der Waals surface area contributed by atoms with Gasteiger partial charge in [0.2, 0.25) is 0 Å². The molecule has 0 saturated heterocycles. The summed E-state index contributed by atoms with van der Waals surface area (Å²) >= 11 is 18.1. The van der Waals surface area contributed by atoms with Gasteiger partial charge in [0.15, 0.2) is 6.04 Å². The van der Waals surface area contributed by atoms with Crippen molar-refractivity contribution >= 4 is 40.5 Å². The molecule has 0 spiro atoms. The van der Waals surface area contributed by atoms with Gasteiger partial charge in [0, 0.05) is 31.7 Å². The fraction of sp³-hybridized carbons (Fsp3) is 0.571. The zero-order valence-electron chi connectivity index (χ0n) is 11.9. The van der Waals surface area contributed by atoms with Crippen LogP contribution in [0.4, 0.5) is 5.69 Å². The Morgan fingerprint density at radius 1 is 1.19 bits per heavy atom. The molecule has 2 bridgehead atoms. The third-order valence-corrected chi connectivity index (χ3v) is 4.74. The van der Waals surface area contributed by atoms with E-state index in [4.69, 9.17) is 39.9 Å². The van der Waals surface area contributed by atoms with E-state index in [9.17, 15) is 0 Å². The molecular formula is C14H16Cl3N4+. The molecule has 1 aliphatic heterocycles. The molecule has 2 aliphatic rings. The second-order valence-corrected chi connectivity index (χ2v) is 7.24. The molecule has 4 nitrogen and oxygen atoms in total. The Bertz CT molecular complexity index is 616. The van der Waals surface area contributed by atoms with E-state index in [1.165, 1.54) is 12.8 Å². The average molecular weight is 347 g/mol. The van der Waals surface area contributed by atoms with E-state index >= 15 is 0 Å². The van der Waals surface area contributed by atoms with E-state index in [0.717, 1.165) is 6.42 Å². The zero-order valence-corrected chi connectivity index (χ0v) is 14.1. The highest BCUT2D eigenvalue weighted by molar-refractivity contribution is 6.41. The Balaban J connectivity index is 1.87. The van der Waals surface area contributed by atoms with Crippen molar-refractivity contribution in [2.75, 3.05) is 0 Å². The SMILES string of the molecule is CC(C)(N=Nc1c(Cl)cc(Cl)cc1Cl)[N+]1=NC2CCC1C2. The second kappa shape index (κ2) is 5.49. The highest BCUT2D eigenvalue weighted by atomic mass is 35.5. The third-order valence-electron chi connectivity index (χ3n) is 3.95. The maximum Gasteiger partial charge on any atom is 0.292 e. The lowest BCUT2D eigenvalue weighted by Crippen LogP contribution is -2.37. The van der Waals surface area contributed by atoms with Crippen LogP contribution in [0.25, 0.3) is 0 Å². The summed E-state index contributed by atoms with van der Waals surface area (Å²) in [6.45, 7) is 4.00. The molecule has 1 aromatic rings. The molecule has 0 aromatic heterocycles. The van der Waals surface area contributed by atoms with E-state index in [1.54, 1.807) is 12.1 Å². The number of hydrogen-bond donors (Lipinski definition) is 0. The maximum atomic E-state index is 6.13. The van der Waals surface area contributed by atoms with Crippen molar-refractivity contribution in [3.05, 3.63) is 27.2 Å². The molecule has 7 heteroatoms. The fourth-order valence-electron chi connectivity index (χ4n) is 2.97. The number of hydrogen-bond acceptors (Lipinski definition) is 3. The molecule has 1 aromatic carbocycles. The van der Waals surface area contributed by atoms with Crippen LogP contribution in [0, 0.1) is 0 Å². The predicted octanol–water partition coefficient (Wildman–Crippen LogP) is 5.87. The molecule has 21 heavy (non-hydrogen) atoms. The van der Waals surface area contributed by atoms with Crippen LogP contribution >= 0.6 is 34.8 Å². The molecule has 2 unspecified atom stereocenters. The largest absolute Gasteiger partial charge is 0.292 e. The van der Waals surface area contributed by atoms with Gasteiger partial charge in [0.25, 0.3) is 5.66 Å². The fourth-order valence-corrected chi connectivity index (χ4v) is 3.86. The first-order valence-electron chi connectivity index (χ1n) is 6.94. The molecule has 0 radical (unpaired) electrons. The summed E-state index contributed by atoms with van der Waals surface area (Å²) < 4.78 is 2.07. The standard InChI is InChI=1S/C14H16Cl3N4/c1-14(2,21-10-4-3-9(7-10)19-21)20-18-13-11(16)5-8(15)6-12(13)17/h5-6,9-10H,3-4,7H2,1-2H3/q+1. The van der Waals surface area contributed by atoms with Gasteiger partial charge in [-0.1, -0.05) is 39.5 Å². The minimum absolute atomic E-state index is 0.395. The summed E-state index contributed by atoms with van der Waals surface area (Å²) in [4.78, 5) is 0. The molecule has 1 fully saturated rings. The lowest BCUT2D eigenvalue weighted by atomic mass is 10.2. The van der Waals surface area contributed by atoms with Crippen LogP contribution in [0.15, 0.2) is 27.5 Å². The Kier molecular flexibility index (Phi) is 3.97. The van der Waals surface area contributed by atoms with Crippen molar-refractivity contribution in [2.45, 2.75) is 50.9 Å². The van der Waals surface area contributed by atoms with Gasteiger partial charge in [-0.05, 0) is 23.7 Å². The number of halogens is 3. The number of fused-ring (bicyclic) bond motifs is 2. The number of nitrogens with zero attached hydrogens (tertiary/aromatic N) is 4. The monoisotopic (exact) mass is 345 g/mol. The van der Waals surface area contributed by atoms with Crippen molar-refractivity contribution in [2.24, 2.45) is 15.3 Å². The molecular weight excluding hydrogens is 331 g/mol. The highest BCUT2D eigenvalue weighted by Crippen LogP contribution is 2.39. The summed E-state index contributed by atoms with van der Waals surface area (Å²) in [5.74, 6) is 0. The van der Waals surface area contributed by atoms with Gasteiger partial charge in [-0.3, -0.25) is 0 Å². The van der Waals surface area contributed by atoms with Crippen LogP contribution in [0.2, 0.25) is 15.1 Å². The minimum atomic E-state index is -0.508. The lowest BCUT2D eigenvalue weighted by Gasteiger charge is -2.17. The summed E-state index contributed by atoms with van der Waals surface area (Å²) in [7, 11) is 0. The molecule has 1 saturated carbocycles. The Morgan fingerprint density at radius 3 is 2.38 bits per heavy atom. The lowest BCUT2D eigenvalue weighted by molar-refractivity contribution is -0.681. The van der Waals surface area contributed by atoms with Crippen LogP contribution in [-0.2, 0) is 0 Å².